The molecule has 4 nitrogen and oxygen atoms in total. The van der Waals surface area contributed by atoms with Crippen molar-refractivity contribution in [3.8, 4) is 0 Å². The van der Waals surface area contributed by atoms with Crippen LogP contribution in [0.3, 0.4) is 0 Å². The molecule has 0 saturated heterocycles. The van der Waals surface area contributed by atoms with Crippen LogP contribution in [0.1, 0.15) is 23.0 Å². The summed E-state index contributed by atoms with van der Waals surface area (Å²) in [7, 11) is 0. The second kappa shape index (κ2) is 5.80. The lowest BCUT2D eigenvalue weighted by Crippen LogP contribution is -2.33. The van der Waals surface area contributed by atoms with Crippen LogP contribution in [0.15, 0.2) is 30.3 Å². The van der Waals surface area contributed by atoms with E-state index >= 15 is 0 Å². The van der Waals surface area contributed by atoms with E-state index in [9.17, 15) is 4.79 Å². The summed E-state index contributed by atoms with van der Waals surface area (Å²) in [5, 5.41) is 9.88. The van der Waals surface area contributed by atoms with Crippen molar-refractivity contribution in [2.24, 2.45) is 0 Å². The summed E-state index contributed by atoms with van der Waals surface area (Å²) in [4.78, 5) is 18.6. The van der Waals surface area contributed by atoms with Crippen LogP contribution in [0.2, 0.25) is 0 Å². The summed E-state index contributed by atoms with van der Waals surface area (Å²) >= 11 is 0. The molecule has 0 bridgehead atoms. The maximum Gasteiger partial charge on any atom is 0.254 e. The summed E-state index contributed by atoms with van der Waals surface area (Å²) in [6, 6.07) is 9.43. The molecule has 2 aromatic rings. The zero-order chi connectivity index (χ0) is 13.8. The van der Waals surface area contributed by atoms with Crippen molar-refractivity contribution in [1.29, 1.82) is 0 Å². The Balaban J connectivity index is 2.52. The number of aliphatic hydroxyl groups excluding tert-OH is 1. The molecule has 0 aliphatic rings. The SMILES string of the molecule is CCN(CCO)C(=O)c1cc(C)nc2ccccc12. The van der Waals surface area contributed by atoms with Gasteiger partial charge in [-0.25, -0.2) is 0 Å². The number of carbonyl (C=O) groups is 1. The van der Waals surface area contributed by atoms with Gasteiger partial charge in [-0.2, -0.15) is 0 Å². The number of nitrogens with zero attached hydrogens (tertiary/aromatic N) is 2. The van der Waals surface area contributed by atoms with Crippen molar-refractivity contribution in [1.82, 2.24) is 9.88 Å². The first-order valence-electron chi connectivity index (χ1n) is 6.44. The summed E-state index contributed by atoms with van der Waals surface area (Å²) < 4.78 is 0. The Morgan fingerprint density at radius 2 is 2.11 bits per heavy atom. The number of aliphatic hydroxyl groups is 1. The maximum absolute atomic E-state index is 12.5. The lowest BCUT2D eigenvalue weighted by Gasteiger charge is -2.20. The number of likely N-dealkylation sites (N-methyl/N-ethyl adjacent to an activating group) is 1. The molecule has 1 N–H and O–H groups in total. The maximum atomic E-state index is 12.5. The van der Waals surface area contributed by atoms with Gasteiger partial charge in [-0.15, -0.1) is 0 Å². The topological polar surface area (TPSA) is 53.4 Å². The van der Waals surface area contributed by atoms with Crippen LogP contribution in [-0.2, 0) is 0 Å². The summed E-state index contributed by atoms with van der Waals surface area (Å²) in [5.41, 5.74) is 2.30. The van der Waals surface area contributed by atoms with E-state index < -0.39 is 0 Å². The van der Waals surface area contributed by atoms with Gasteiger partial charge in [0.15, 0.2) is 0 Å². The van der Waals surface area contributed by atoms with Crippen LogP contribution in [-0.4, -0.2) is 40.6 Å². The number of rotatable bonds is 4. The number of amides is 1. The lowest BCUT2D eigenvalue weighted by atomic mass is 10.1. The fourth-order valence-corrected chi connectivity index (χ4v) is 2.18. The van der Waals surface area contributed by atoms with Crippen molar-refractivity contribution in [2.45, 2.75) is 13.8 Å². The molecule has 0 radical (unpaired) electrons. The number of hydrogen-bond acceptors (Lipinski definition) is 3. The highest BCUT2D eigenvalue weighted by molar-refractivity contribution is 6.06. The third kappa shape index (κ3) is 2.74. The van der Waals surface area contributed by atoms with Gasteiger partial charge in [-0.3, -0.25) is 9.78 Å². The largest absolute Gasteiger partial charge is 0.395 e. The van der Waals surface area contributed by atoms with E-state index in [1.807, 2.05) is 44.2 Å². The smallest absolute Gasteiger partial charge is 0.254 e. The number of aromatic nitrogens is 1. The minimum absolute atomic E-state index is 0.0262. The quantitative estimate of drug-likeness (QED) is 0.912. The number of carbonyl (C=O) groups excluding carboxylic acids is 1. The predicted octanol–water partition coefficient (Wildman–Crippen LogP) is 2.00. The van der Waals surface area contributed by atoms with E-state index in [4.69, 9.17) is 5.11 Å². The van der Waals surface area contributed by atoms with E-state index in [1.54, 1.807) is 4.90 Å². The Hall–Kier alpha value is -1.94. The van der Waals surface area contributed by atoms with Gasteiger partial charge in [-0.05, 0) is 26.0 Å². The second-order valence-corrected chi connectivity index (χ2v) is 4.44. The number of benzene rings is 1. The zero-order valence-corrected chi connectivity index (χ0v) is 11.3. The van der Waals surface area contributed by atoms with E-state index in [0.29, 0.717) is 18.7 Å². The standard InChI is InChI=1S/C15H18N2O2/c1-3-17(8-9-18)15(19)13-10-11(2)16-14-7-5-4-6-12(13)14/h4-7,10,18H,3,8-9H2,1-2H3. The molecule has 4 heteroatoms. The third-order valence-electron chi connectivity index (χ3n) is 3.11. The van der Waals surface area contributed by atoms with Crippen LogP contribution in [0.4, 0.5) is 0 Å². The average Bonchev–Trinajstić information content (AvgIpc) is 2.43. The van der Waals surface area contributed by atoms with Gasteiger partial charge in [0.1, 0.15) is 0 Å². The van der Waals surface area contributed by atoms with Gasteiger partial charge in [0, 0.05) is 24.2 Å². The molecule has 0 unspecified atom stereocenters. The van der Waals surface area contributed by atoms with Gasteiger partial charge in [0.2, 0.25) is 0 Å². The van der Waals surface area contributed by atoms with E-state index in [0.717, 1.165) is 16.6 Å². The number of hydrogen-bond donors (Lipinski definition) is 1. The van der Waals surface area contributed by atoms with E-state index in [-0.39, 0.29) is 12.5 Å². The Labute approximate surface area is 112 Å². The summed E-state index contributed by atoms with van der Waals surface area (Å²) in [5.74, 6) is -0.0572. The molecule has 19 heavy (non-hydrogen) atoms. The molecule has 1 heterocycles. The summed E-state index contributed by atoms with van der Waals surface area (Å²) in [6.07, 6.45) is 0. The molecule has 1 amide bonds. The van der Waals surface area contributed by atoms with Crippen LogP contribution in [0.5, 0.6) is 0 Å². The molecule has 1 aromatic carbocycles. The molecular weight excluding hydrogens is 240 g/mol. The molecule has 2 rings (SSSR count). The van der Waals surface area contributed by atoms with Gasteiger partial charge >= 0.3 is 0 Å². The highest BCUT2D eigenvalue weighted by atomic mass is 16.3. The van der Waals surface area contributed by atoms with Crippen molar-refractivity contribution in [3.05, 3.63) is 41.6 Å². The van der Waals surface area contributed by atoms with Crippen molar-refractivity contribution >= 4 is 16.8 Å². The van der Waals surface area contributed by atoms with Crippen LogP contribution >= 0.6 is 0 Å². The molecule has 0 atom stereocenters. The lowest BCUT2D eigenvalue weighted by molar-refractivity contribution is 0.0734. The molecule has 0 spiro atoms. The Bertz CT molecular complexity index is 596. The van der Waals surface area contributed by atoms with E-state index in [2.05, 4.69) is 4.98 Å². The van der Waals surface area contributed by atoms with Gasteiger partial charge in [-0.1, -0.05) is 18.2 Å². The molecule has 0 aliphatic heterocycles. The normalized spacial score (nSPS) is 10.7. The Morgan fingerprint density at radius 3 is 2.79 bits per heavy atom. The first-order chi connectivity index (χ1) is 9.17. The van der Waals surface area contributed by atoms with Crippen LogP contribution < -0.4 is 0 Å². The minimum Gasteiger partial charge on any atom is -0.395 e. The molecule has 100 valence electrons. The predicted molar refractivity (Wildman–Crippen MR) is 75.1 cm³/mol. The third-order valence-corrected chi connectivity index (χ3v) is 3.11. The van der Waals surface area contributed by atoms with Crippen molar-refractivity contribution in [2.75, 3.05) is 19.7 Å². The summed E-state index contributed by atoms with van der Waals surface area (Å²) in [6.45, 7) is 4.69. The first-order valence-corrected chi connectivity index (χ1v) is 6.44. The molecule has 0 aliphatic carbocycles. The Kier molecular flexibility index (Phi) is 4.12. The van der Waals surface area contributed by atoms with Gasteiger partial charge in [0.25, 0.3) is 5.91 Å². The highest BCUT2D eigenvalue weighted by Crippen LogP contribution is 2.19. The van der Waals surface area contributed by atoms with Crippen LogP contribution in [0, 0.1) is 6.92 Å². The first kappa shape index (κ1) is 13.5. The molecule has 1 aromatic heterocycles. The van der Waals surface area contributed by atoms with Gasteiger partial charge in [0.05, 0.1) is 17.7 Å². The Morgan fingerprint density at radius 1 is 1.37 bits per heavy atom. The fourth-order valence-electron chi connectivity index (χ4n) is 2.18. The number of para-hydroxylation sites is 1. The molecule has 0 fully saturated rings. The van der Waals surface area contributed by atoms with Gasteiger partial charge < -0.3 is 10.0 Å². The van der Waals surface area contributed by atoms with Crippen molar-refractivity contribution in [3.63, 3.8) is 0 Å². The number of pyridine rings is 1. The second-order valence-electron chi connectivity index (χ2n) is 4.44. The highest BCUT2D eigenvalue weighted by Gasteiger charge is 2.17. The number of aryl methyl sites for hydroxylation is 1. The molecular formula is C15H18N2O2. The average molecular weight is 258 g/mol. The van der Waals surface area contributed by atoms with E-state index in [1.165, 1.54) is 0 Å². The number of fused-ring (bicyclic) bond motifs is 1. The fraction of sp³-hybridized carbons (Fsp3) is 0.333. The minimum atomic E-state index is -0.0572. The monoisotopic (exact) mass is 258 g/mol. The van der Waals surface area contributed by atoms with Crippen LogP contribution in [0.25, 0.3) is 10.9 Å². The van der Waals surface area contributed by atoms with Crippen molar-refractivity contribution < 1.29 is 9.90 Å². The zero-order valence-electron chi connectivity index (χ0n) is 11.3. The molecule has 0 saturated carbocycles.